The Bertz CT molecular complexity index is 281. The summed E-state index contributed by atoms with van der Waals surface area (Å²) in [6, 6.07) is 0. The third-order valence-corrected chi connectivity index (χ3v) is 2.48. The van der Waals surface area contributed by atoms with Crippen molar-refractivity contribution in [2.24, 2.45) is 11.7 Å². The number of likely N-dealkylation sites (N-methyl/N-ethyl adjacent to an activating group) is 1. The highest BCUT2D eigenvalue weighted by Gasteiger charge is 2.21. The van der Waals surface area contributed by atoms with Gasteiger partial charge in [0.15, 0.2) is 0 Å². The van der Waals surface area contributed by atoms with Crippen molar-refractivity contribution >= 4 is 29.0 Å². The molecule has 0 aromatic rings. The second kappa shape index (κ2) is 7.16. The summed E-state index contributed by atoms with van der Waals surface area (Å²) in [4.78, 5) is 24.5. The third kappa shape index (κ3) is 5.06. The molecule has 0 aromatic heterocycles. The van der Waals surface area contributed by atoms with Crippen LogP contribution in [0.2, 0.25) is 0 Å². The van der Waals surface area contributed by atoms with Gasteiger partial charge in [-0.25, -0.2) is 0 Å². The topological polar surface area (TPSA) is 75.4 Å². The largest absolute Gasteiger partial charge is 0.393 e. The third-order valence-electron chi connectivity index (χ3n) is 2.13. The van der Waals surface area contributed by atoms with Gasteiger partial charge in [0.2, 0.25) is 11.8 Å². The quantitative estimate of drug-likeness (QED) is 0.640. The first-order valence-corrected chi connectivity index (χ1v) is 5.62. The highest BCUT2D eigenvalue weighted by molar-refractivity contribution is 7.80. The second-order valence-corrected chi connectivity index (χ2v) is 4.14. The summed E-state index contributed by atoms with van der Waals surface area (Å²) < 4.78 is 0. The molecule has 0 rings (SSSR count). The molecule has 2 amide bonds. The molecule has 0 heterocycles. The highest BCUT2D eigenvalue weighted by Crippen LogP contribution is 2.00. The average Bonchev–Trinajstić information content (AvgIpc) is 2.23. The van der Waals surface area contributed by atoms with Crippen LogP contribution < -0.4 is 11.1 Å². The summed E-state index contributed by atoms with van der Waals surface area (Å²) in [5.74, 6) is -0.939. The Morgan fingerprint density at radius 1 is 1.50 bits per heavy atom. The Hall–Kier alpha value is -1.17. The lowest BCUT2D eigenvalue weighted by atomic mass is 10.1. The van der Waals surface area contributed by atoms with Gasteiger partial charge in [-0.05, 0) is 13.3 Å². The Labute approximate surface area is 101 Å². The molecule has 3 N–H and O–H groups in total. The number of nitrogens with two attached hydrogens (primary N) is 1. The predicted octanol–water partition coefficient (Wildman–Crippen LogP) is -0.107. The molecule has 0 aliphatic carbocycles. The van der Waals surface area contributed by atoms with Crippen LogP contribution in [0.1, 0.15) is 20.3 Å². The van der Waals surface area contributed by atoms with Crippen molar-refractivity contribution in [3.8, 4) is 0 Å². The van der Waals surface area contributed by atoms with Crippen LogP contribution >= 0.6 is 12.2 Å². The van der Waals surface area contributed by atoms with E-state index < -0.39 is 5.92 Å². The van der Waals surface area contributed by atoms with Crippen molar-refractivity contribution in [2.45, 2.75) is 20.3 Å². The van der Waals surface area contributed by atoms with E-state index in [1.165, 1.54) is 4.90 Å². The normalized spacial score (nSPS) is 11.7. The van der Waals surface area contributed by atoms with Crippen LogP contribution in [0.4, 0.5) is 0 Å². The van der Waals surface area contributed by atoms with Gasteiger partial charge in [0.1, 0.15) is 0 Å². The van der Waals surface area contributed by atoms with E-state index in [0.717, 1.165) is 6.42 Å². The van der Waals surface area contributed by atoms with Gasteiger partial charge in [0.05, 0.1) is 17.5 Å². The van der Waals surface area contributed by atoms with E-state index in [-0.39, 0.29) is 23.3 Å². The van der Waals surface area contributed by atoms with Gasteiger partial charge in [-0.1, -0.05) is 19.1 Å². The first-order chi connectivity index (χ1) is 7.40. The molecule has 0 aliphatic rings. The zero-order valence-electron chi connectivity index (χ0n) is 9.95. The molecule has 5 nitrogen and oxygen atoms in total. The summed E-state index contributed by atoms with van der Waals surface area (Å²) in [5, 5.41) is 2.69. The molecule has 0 bridgehead atoms. The van der Waals surface area contributed by atoms with E-state index in [9.17, 15) is 9.59 Å². The number of rotatable bonds is 6. The summed E-state index contributed by atoms with van der Waals surface area (Å²) in [6.45, 7) is 4.24. The van der Waals surface area contributed by atoms with Gasteiger partial charge < -0.3 is 16.0 Å². The number of nitrogens with zero attached hydrogens (tertiary/aromatic N) is 1. The van der Waals surface area contributed by atoms with E-state index in [1.807, 2.05) is 6.92 Å². The molecule has 16 heavy (non-hydrogen) atoms. The first-order valence-electron chi connectivity index (χ1n) is 5.21. The number of hydrogen-bond donors (Lipinski definition) is 2. The summed E-state index contributed by atoms with van der Waals surface area (Å²) >= 11 is 4.73. The smallest absolute Gasteiger partial charge is 0.239 e. The standard InChI is InChI=1S/C10H19N3O2S/c1-4-5-12-8(14)6-13(3)10(15)7(2)9(11)16/h7H,4-6H2,1-3H3,(H2,11,16)(H,12,14). The van der Waals surface area contributed by atoms with Crippen LogP contribution in [0.15, 0.2) is 0 Å². The van der Waals surface area contributed by atoms with E-state index >= 15 is 0 Å². The fraction of sp³-hybridized carbons (Fsp3) is 0.700. The summed E-state index contributed by atoms with van der Waals surface area (Å²) in [6.07, 6.45) is 0.868. The number of carbonyl (C=O) groups excluding carboxylic acids is 2. The van der Waals surface area contributed by atoms with Crippen LogP contribution in [0.3, 0.4) is 0 Å². The molecule has 0 saturated carbocycles. The van der Waals surface area contributed by atoms with Gasteiger partial charge in [-0.15, -0.1) is 0 Å². The molecule has 92 valence electrons. The lowest BCUT2D eigenvalue weighted by Crippen LogP contribution is -2.43. The highest BCUT2D eigenvalue weighted by atomic mass is 32.1. The van der Waals surface area contributed by atoms with Gasteiger partial charge in [0, 0.05) is 13.6 Å². The molecule has 0 fully saturated rings. The molecular formula is C10H19N3O2S. The van der Waals surface area contributed by atoms with E-state index in [0.29, 0.717) is 6.54 Å². The van der Waals surface area contributed by atoms with Crippen molar-refractivity contribution in [2.75, 3.05) is 20.1 Å². The maximum Gasteiger partial charge on any atom is 0.239 e. The van der Waals surface area contributed by atoms with Crippen molar-refractivity contribution in [1.29, 1.82) is 0 Å². The van der Waals surface area contributed by atoms with Crippen molar-refractivity contribution in [3.63, 3.8) is 0 Å². The molecule has 0 saturated heterocycles. The van der Waals surface area contributed by atoms with Crippen molar-refractivity contribution in [3.05, 3.63) is 0 Å². The molecule has 0 spiro atoms. The van der Waals surface area contributed by atoms with Gasteiger partial charge in [-0.3, -0.25) is 9.59 Å². The van der Waals surface area contributed by atoms with E-state index in [2.05, 4.69) is 5.32 Å². The lowest BCUT2D eigenvalue weighted by molar-refractivity contribution is -0.135. The first kappa shape index (κ1) is 14.8. The van der Waals surface area contributed by atoms with Crippen LogP contribution in [0.25, 0.3) is 0 Å². The Balaban J connectivity index is 4.14. The Morgan fingerprint density at radius 3 is 2.50 bits per heavy atom. The van der Waals surface area contributed by atoms with Crippen LogP contribution in [0.5, 0.6) is 0 Å². The Morgan fingerprint density at radius 2 is 2.06 bits per heavy atom. The maximum atomic E-state index is 11.7. The number of thiocarbonyl (C=S) groups is 1. The average molecular weight is 245 g/mol. The zero-order chi connectivity index (χ0) is 12.7. The molecule has 1 atom stereocenters. The van der Waals surface area contributed by atoms with Gasteiger partial charge >= 0.3 is 0 Å². The number of hydrogen-bond acceptors (Lipinski definition) is 3. The molecule has 0 radical (unpaired) electrons. The molecule has 0 aromatic carbocycles. The fourth-order valence-electron chi connectivity index (χ4n) is 1.07. The second-order valence-electron chi connectivity index (χ2n) is 3.67. The van der Waals surface area contributed by atoms with E-state index in [1.54, 1.807) is 14.0 Å². The molecule has 1 unspecified atom stereocenters. The fourth-order valence-corrected chi connectivity index (χ4v) is 1.17. The molecular weight excluding hydrogens is 226 g/mol. The maximum absolute atomic E-state index is 11.7. The SMILES string of the molecule is CCCNC(=O)CN(C)C(=O)C(C)C(N)=S. The number of amides is 2. The summed E-state index contributed by atoms with van der Waals surface area (Å²) in [5.41, 5.74) is 5.37. The van der Waals surface area contributed by atoms with Crippen molar-refractivity contribution in [1.82, 2.24) is 10.2 Å². The Kier molecular flexibility index (Phi) is 6.64. The van der Waals surface area contributed by atoms with Gasteiger partial charge in [0.25, 0.3) is 0 Å². The number of carbonyl (C=O) groups is 2. The zero-order valence-corrected chi connectivity index (χ0v) is 10.8. The minimum Gasteiger partial charge on any atom is -0.393 e. The van der Waals surface area contributed by atoms with E-state index in [4.69, 9.17) is 18.0 Å². The molecule has 0 aliphatic heterocycles. The van der Waals surface area contributed by atoms with Crippen LogP contribution in [0, 0.1) is 5.92 Å². The predicted molar refractivity (Wildman–Crippen MR) is 66.9 cm³/mol. The monoisotopic (exact) mass is 245 g/mol. The summed E-state index contributed by atoms with van der Waals surface area (Å²) in [7, 11) is 1.56. The molecule has 6 heteroatoms. The van der Waals surface area contributed by atoms with Crippen LogP contribution in [-0.4, -0.2) is 41.8 Å². The minimum atomic E-state index is -0.529. The minimum absolute atomic E-state index is 0.0335. The van der Waals surface area contributed by atoms with Gasteiger partial charge in [-0.2, -0.15) is 0 Å². The van der Waals surface area contributed by atoms with Crippen molar-refractivity contribution < 1.29 is 9.59 Å². The number of nitrogens with one attached hydrogen (secondary N) is 1. The lowest BCUT2D eigenvalue weighted by Gasteiger charge is -2.20. The van der Waals surface area contributed by atoms with Crippen LogP contribution in [-0.2, 0) is 9.59 Å².